The van der Waals surface area contributed by atoms with Crippen molar-refractivity contribution in [3.63, 3.8) is 0 Å². The van der Waals surface area contributed by atoms with Gasteiger partial charge < -0.3 is 15.2 Å². The third-order valence-corrected chi connectivity index (χ3v) is 3.28. The van der Waals surface area contributed by atoms with Crippen molar-refractivity contribution in [3.05, 3.63) is 58.6 Å². The van der Waals surface area contributed by atoms with E-state index in [1.54, 1.807) is 7.11 Å². The summed E-state index contributed by atoms with van der Waals surface area (Å²) in [5.74, 6) is 1.52. The first-order chi connectivity index (χ1) is 9.74. The van der Waals surface area contributed by atoms with Crippen molar-refractivity contribution in [1.82, 2.24) is 0 Å². The van der Waals surface area contributed by atoms with E-state index in [-0.39, 0.29) is 0 Å². The number of hydrogen-bond acceptors (Lipinski definition) is 3. The van der Waals surface area contributed by atoms with Gasteiger partial charge in [-0.25, -0.2) is 0 Å². The molecule has 106 valence electrons. The fourth-order valence-corrected chi connectivity index (χ4v) is 2.23. The summed E-state index contributed by atoms with van der Waals surface area (Å²) in [5, 5.41) is 0.610. The predicted molar refractivity (Wildman–Crippen MR) is 81.5 cm³/mol. The fourth-order valence-electron chi connectivity index (χ4n) is 1.99. The number of nitrogens with two attached hydrogens (primary N) is 1. The summed E-state index contributed by atoms with van der Waals surface area (Å²) in [6, 6.07) is 13.5. The highest BCUT2D eigenvalue weighted by atomic mass is 35.5. The van der Waals surface area contributed by atoms with Gasteiger partial charge in [-0.3, -0.25) is 0 Å². The maximum atomic E-state index is 6.20. The lowest BCUT2D eigenvalue weighted by Gasteiger charge is -2.13. The second-order valence-electron chi connectivity index (χ2n) is 4.41. The molecule has 0 saturated carbocycles. The van der Waals surface area contributed by atoms with E-state index in [2.05, 4.69) is 0 Å². The third-order valence-electron chi connectivity index (χ3n) is 2.98. The average Bonchev–Trinajstić information content (AvgIpc) is 2.47. The molecule has 2 N–H and O–H groups in total. The van der Waals surface area contributed by atoms with Crippen molar-refractivity contribution >= 4 is 11.6 Å². The molecule has 0 unspecified atom stereocenters. The Kier molecular flexibility index (Phi) is 5.27. The zero-order valence-corrected chi connectivity index (χ0v) is 12.2. The van der Waals surface area contributed by atoms with Crippen LogP contribution in [0.1, 0.15) is 11.1 Å². The number of rotatable bonds is 6. The van der Waals surface area contributed by atoms with Crippen molar-refractivity contribution in [1.29, 1.82) is 0 Å². The normalized spacial score (nSPS) is 10.3. The van der Waals surface area contributed by atoms with Gasteiger partial charge in [-0.2, -0.15) is 0 Å². The van der Waals surface area contributed by atoms with Gasteiger partial charge >= 0.3 is 0 Å². The Morgan fingerprint density at radius 1 is 1.15 bits per heavy atom. The Hall–Kier alpha value is -1.71. The van der Waals surface area contributed by atoms with Crippen LogP contribution in [-0.4, -0.2) is 13.7 Å². The molecular formula is C16H18ClNO2. The third kappa shape index (κ3) is 3.65. The van der Waals surface area contributed by atoms with Gasteiger partial charge in [0, 0.05) is 0 Å². The van der Waals surface area contributed by atoms with E-state index in [0.29, 0.717) is 23.9 Å². The fraction of sp³-hybridized carbons (Fsp3) is 0.250. The van der Waals surface area contributed by atoms with E-state index in [0.717, 1.165) is 23.3 Å². The summed E-state index contributed by atoms with van der Waals surface area (Å²) in [6.07, 6.45) is 0.744. The molecule has 0 spiro atoms. The molecule has 20 heavy (non-hydrogen) atoms. The monoisotopic (exact) mass is 291 g/mol. The maximum Gasteiger partial charge on any atom is 0.141 e. The largest absolute Gasteiger partial charge is 0.497 e. The molecule has 2 aromatic carbocycles. The Labute approximate surface area is 124 Å². The molecule has 0 aliphatic carbocycles. The first-order valence-corrected chi connectivity index (χ1v) is 6.85. The minimum Gasteiger partial charge on any atom is -0.497 e. The second-order valence-corrected chi connectivity index (χ2v) is 4.81. The Morgan fingerprint density at radius 2 is 1.95 bits per heavy atom. The van der Waals surface area contributed by atoms with Crippen LogP contribution >= 0.6 is 11.6 Å². The summed E-state index contributed by atoms with van der Waals surface area (Å²) >= 11 is 6.20. The van der Waals surface area contributed by atoms with Crippen LogP contribution in [0.15, 0.2) is 42.5 Å². The zero-order valence-electron chi connectivity index (χ0n) is 11.4. The van der Waals surface area contributed by atoms with Gasteiger partial charge in [-0.05, 0) is 42.3 Å². The SMILES string of the molecule is COc1cccc(COc2c(Cl)cccc2CCN)c1. The molecule has 4 heteroatoms. The van der Waals surface area contributed by atoms with Gasteiger partial charge in [0.1, 0.15) is 18.1 Å². The van der Waals surface area contributed by atoms with Crippen LogP contribution in [0.25, 0.3) is 0 Å². The molecule has 0 fully saturated rings. The number of benzene rings is 2. The summed E-state index contributed by atoms with van der Waals surface area (Å²) in [6.45, 7) is 1.01. The van der Waals surface area contributed by atoms with Gasteiger partial charge in [0.2, 0.25) is 0 Å². The van der Waals surface area contributed by atoms with Crippen LogP contribution in [0.5, 0.6) is 11.5 Å². The molecule has 3 nitrogen and oxygen atoms in total. The van der Waals surface area contributed by atoms with E-state index in [1.165, 1.54) is 0 Å². The van der Waals surface area contributed by atoms with Gasteiger partial charge in [0.05, 0.1) is 12.1 Å². The predicted octanol–water partition coefficient (Wildman–Crippen LogP) is 3.43. The second kappa shape index (κ2) is 7.17. The molecule has 0 aromatic heterocycles. The van der Waals surface area contributed by atoms with E-state index < -0.39 is 0 Å². The van der Waals surface area contributed by atoms with Crippen LogP contribution in [0.3, 0.4) is 0 Å². The van der Waals surface area contributed by atoms with E-state index in [1.807, 2.05) is 42.5 Å². The lowest BCUT2D eigenvalue weighted by molar-refractivity contribution is 0.302. The number of hydrogen-bond donors (Lipinski definition) is 1. The van der Waals surface area contributed by atoms with E-state index in [9.17, 15) is 0 Å². The minimum atomic E-state index is 0.443. The number of methoxy groups -OCH3 is 1. The molecule has 0 saturated heterocycles. The zero-order chi connectivity index (χ0) is 14.4. The molecule has 0 atom stereocenters. The lowest BCUT2D eigenvalue weighted by Crippen LogP contribution is -2.06. The van der Waals surface area contributed by atoms with Crippen molar-refractivity contribution in [2.75, 3.05) is 13.7 Å². The van der Waals surface area contributed by atoms with Crippen LogP contribution in [0.2, 0.25) is 5.02 Å². The molecule has 2 aromatic rings. The summed E-state index contributed by atoms with van der Waals surface area (Å²) in [4.78, 5) is 0. The highest BCUT2D eigenvalue weighted by Crippen LogP contribution is 2.30. The Morgan fingerprint density at radius 3 is 2.70 bits per heavy atom. The molecule has 0 aliphatic heterocycles. The smallest absolute Gasteiger partial charge is 0.141 e. The molecule has 0 heterocycles. The molecule has 0 radical (unpaired) electrons. The van der Waals surface area contributed by atoms with Crippen LogP contribution in [0, 0.1) is 0 Å². The highest BCUT2D eigenvalue weighted by Gasteiger charge is 2.08. The highest BCUT2D eigenvalue weighted by molar-refractivity contribution is 6.32. The summed E-state index contributed by atoms with van der Waals surface area (Å²) < 4.78 is 11.1. The van der Waals surface area contributed by atoms with Crippen LogP contribution < -0.4 is 15.2 Å². The first kappa shape index (κ1) is 14.7. The topological polar surface area (TPSA) is 44.5 Å². The van der Waals surface area contributed by atoms with Crippen molar-refractivity contribution < 1.29 is 9.47 Å². The average molecular weight is 292 g/mol. The van der Waals surface area contributed by atoms with Crippen LogP contribution in [0.4, 0.5) is 0 Å². The Bertz CT molecular complexity index is 572. The van der Waals surface area contributed by atoms with E-state index in [4.69, 9.17) is 26.8 Å². The van der Waals surface area contributed by atoms with Gasteiger partial charge in [0.25, 0.3) is 0 Å². The van der Waals surface area contributed by atoms with Gasteiger partial charge in [0.15, 0.2) is 0 Å². The quantitative estimate of drug-likeness (QED) is 0.887. The van der Waals surface area contributed by atoms with Gasteiger partial charge in [-0.15, -0.1) is 0 Å². The van der Waals surface area contributed by atoms with E-state index >= 15 is 0 Å². The van der Waals surface area contributed by atoms with Crippen molar-refractivity contribution in [2.24, 2.45) is 5.73 Å². The summed E-state index contributed by atoms with van der Waals surface area (Å²) in [5.41, 5.74) is 7.67. The number of ether oxygens (including phenoxy) is 2. The standard InChI is InChI=1S/C16H18ClNO2/c1-19-14-6-2-4-12(10-14)11-20-16-13(8-9-18)5-3-7-15(16)17/h2-7,10H,8-9,11,18H2,1H3. The van der Waals surface area contributed by atoms with Gasteiger partial charge in [-0.1, -0.05) is 35.9 Å². The maximum absolute atomic E-state index is 6.20. The number of para-hydroxylation sites is 1. The minimum absolute atomic E-state index is 0.443. The van der Waals surface area contributed by atoms with Crippen molar-refractivity contribution in [2.45, 2.75) is 13.0 Å². The van der Waals surface area contributed by atoms with Crippen LogP contribution in [-0.2, 0) is 13.0 Å². The Balaban J connectivity index is 2.13. The van der Waals surface area contributed by atoms with Crippen molar-refractivity contribution in [3.8, 4) is 11.5 Å². The first-order valence-electron chi connectivity index (χ1n) is 6.47. The molecule has 0 amide bonds. The lowest BCUT2D eigenvalue weighted by atomic mass is 10.1. The molecule has 0 aliphatic rings. The number of halogens is 1. The summed E-state index contributed by atoms with van der Waals surface area (Å²) in [7, 11) is 1.65. The molecule has 2 rings (SSSR count). The molecule has 0 bridgehead atoms. The molecular weight excluding hydrogens is 274 g/mol.